The van der Waals surface area contributed by atoms with Crippen LogP contribution in [0, 0.1) is 11.7 Å². The van der Waals surface area contributed by atoms with Crippen molar-refractivity contribution in [2.24, 2.45) is 5.92 Å². The van der Waals surface area contributed by atoms with Gasteiger partial charge >= 0.3 is 6.09 Å². The van der Waals surface area contributed by atoms with E-state index in [9.17, 15) is 9.18 Å². The van der Waals surface area contributed by atoms with Crippen LogP contribution in [0.25, 0.3) is 0 Å². The summed E-state index contributed by atoms with van der Waals surface area (Å²) in [5, 5.41) is 2.83. The molecule has 0 bridgehead atoms. The highest BCUT2D eigenvalue weighted by Gasteiger charge is 2.28. The molecule has 1 aliphatic rings. The Bertz CT molecular complexity index is 467. The standard InChI is InChI=1S/C15H21FN2O2/c1-3-11-8-12(17-15(19)20-2)10-18(9-11)14-7-5-4-6-13(14)16/h4-7,11-12H,3,8-10H2,1-2H3,(H,17,19). The lowest BCUT2D eigenvalue weighted by molar-refractivity contribution is 0.162. The molecule has 2 unspecified atom stereocenters. The lowest BCUT2D eigenvalue weighted by Gasteiger charge is -2.39. The van der Waals surface area contributed by atoms with E-state index in [0.29, 0.717) is 18.2 Å². The van der Waals surface area contributed by atoms with E-state index in [0.717, 1.165) is 19.4 Å². The third kappa shape index (κ3) is 3.40. The number of hydrogen-bond acceptors (Lipinski definition) is 3. The van der Waals surface area contributed by atoms with Crippen LogP contribution >= 0.6 is 0 Å². The van der Waals surface area contributed by atoms with E-state index >= 15 is 0 Å². The quantitative estimate of drug-likeness (QED) is 0.925. The van der Waals surface area contributed by atoms with Crippen LogP contribution in [0.1, 0.15) is 19.8 Å². The maximum Gasteiger partial charge on any atom is 0.407 e. The Morgan fingerprint density at radius 3 is 2.85 bits per heavy atom. The zero-order valence-corrected chi connectivity index (χ0v) is 11.9. The molecule has 1 amide bonds. The maximum absolute atomic E-state index is 13.9. The third-order valence-electron chi connectivity index (χ3n) is 3.82. The van der Waals surface area contributed by atoms with Crippen LogP contribution in [-0.4, -0.2) is 32.3 Å². The number of piperidine rings is 1. The molecule has 2 rings (SSSR count). The largest absolute Gasteiger partial charge is 0.453 e. The van der Waals surface area contributed by atoms with Crippen molar-refractivity contribution in [2.45, 2.75) is 25.8 Å². The van der Waals surface area contributed by atoms with Crippen molar-refractivity contribution in [3.63, 3.8) is 0 Å². The SMILES string of the molecule is CCC1CC(NC(=O)OC)CN(c2ccccc2F)C1. The van der Waals surface area contributed by atoms with Crippen molar-refractivity contribution >= 4 is 11.8 Å². The Morgan fingerprint density at radius 2 is 2.20 bits per heavy atom. The number of rotatable bonds is 3. The van der Waals surface area contributed by atoms with Crippen molar-refractivity contribution in [3.8, 4) is 0 Å². The molecule has 0 spiro atoms. The second-order valence-corrected chi connectivity index (χ2v) is 5.20. The maximum atomic E-state index is 13.9. The van der Waals surface area contributed by atoms with Gasteiger partial charge in [0.2, 0.25) is 0 Å². The Labute approximate surface area is 118 Å². The van der Waals surface area contributed by atoms with Gasteiger partial charge in [-0.1, -0.05) is 25.5 Å². The van der Waals surface area contributed by atoms with Crippen molar-refractivity contribution in [1.82, 2.24) is 5.32 Å². The third-order valence-corrected chi connectivity index (χ3v) is 3.82. The molecule has 110 valence electrons. The minimum absolute atomic E-state index is 0.0132. The fraction of sp³-hybridized carbons (Fsp3) is 0.533. The second kappa shape index (κ2) is 6.59. The molecule has 4 nitrogen and oxygen atoms in total. The van der Waals surface area contributed by atoms with Crippen molar-refractivity contribution in [2.75, 3.05) is 25.1 Å². The summed E-state index contributed by atoms with van der Waals surface area (Å²) in [6.07, 6.45) is 1.47. The smallest absolute Gasteiger partial charge is 0.407 e. The van der Waals surface area contributed by atoms with E-state index in [2.05, 4.69) is 17.0 Å². The molecule has 20 heavy (non-hydrogen) atoms. The van der Waals surface area contributed by atoms with Crippen LogP contribution in [0.15, 0.2) is 24.3 Å². The van der Waals surface area contributed by atoms with Gasteiger partial charge in [-0.3, -0.25) is 0 Å². The van der Waals surface area contributed by atoms with Crippen LogP contribution in [0.3, 0.4) is 0 Å². The minimum atomic E-state index is -0.430. The number of anilines is 1. The molecular formula is C15H21FN2O2. The van der Waals surface area contributed by atoms with E-state index in [1.165, 1.54) is 13.2 Å². The van der Waals surface area contributed by atoms with Gasteiger partial charge in [-0.15, -0.1) is 0 Å². The first kappa shape index (κ1) is 14.6. The fourth-order valence-corrected chi connectivity index (χ4v) is 2.73. The molecule has 2 atom stereocenters. The number of ether oxygens (including phenoxy) is 1. The summed E-state index contributed by atoms with van der Waals surface area (Å²) in [5.41, 5.74) is 0.599. The number of benzene rings is 1. The first-order chi connectivity index (χ1) is 9.63. The predicted octanol–water partition coefficient (Wildman–Crippen LogP) is 2.79. The highest BCUT2D eigenvalue weighted by molar-refractivity contribution is 5.67. The number of halogens is 1. The molecule has 1 aromatic carbocycles. The Balaban J connectivity index is 2.13. The molecule has 5 heteroatoms. The predicted molar refractivity (Wildman–Crippen MR) is 76.3 cm³/mol. The zero-order chi connectivity index (χ0) is 14.5. The molecule has 0 aliphatic carbocycles. The summed E-state index contributed by atoms with van der Waals surface area (Å²) in [7, 11) is 1.35. The van der Waals surface area contributed by atoms with Crippen LogP contribution in [-0.2, 0) is 4.74 Å². The molecule has 1 aliphatic heterocycles. The molecule has 1 aromatic rings. The lowest BCUT2D eigenvalue weighted by Crippen LogP contribution is -2.51. The number of carbonyl (C=O) groups excluding carboxylic acids is 1. The number of hydrogen-bond donors (Lipinski definition) is 1. The summed E-state index contributed by atoms with van der Waals surface area (Å²) in [4.78, 5) is 13.4. The summed E-state index contributed by atoms with van der Waals surface area (Å²) < 4.78 is 18.6. The molecule has 0 aromatic heterocycles. The van der Waals surface area contributed by atoms with Crippen molar-refractivity contribution in [1.29, 1.82) is 0 Å². The average Bonchev–Trinajstić information content (AvgIpc) is 2.47. The summed E-state index contributed by atoms with van der Waals surface area (Å²) >= 11 is 0. The first-order valence-electron chi connectivity index (χ1n) is 6.98. The number of alkyl carbamates (subject to hydrolysis) is 1. The van der Waals surface area contributed by atoms with Gasteiger partial charge in [0.1, 0.15) is 5.82 Å². The van der Waals surface area contributed by atoms with E-state index in [4.69, 9.17) is 0 Å². The van der Waals surface area contributed by atoms with E-state index in [1.807, 2.05) is 11.0 Å². The van der Waals surface area contributed by atoms with Gasteiger partial charge in [-0.25, -0.2) is 9.18 Å². The van der Waals surface area contributed by atoms with Crippen LogP contribution in [0.2, 0.25) is 0 Å². The van der Waals surface area contributed by atoms with Gasteiger partial charge in [-0.2, -0.15) is 0 Å². The zero-order valence-electron chi connectivity index (χ0n) is 11.9. The number of nitrogens with one attached hydrogen (secondary N) is 1. The number of methoxy groups -OCH3 is 1. The second-order valence-electron chi connectivity index (χ2n) is 5.20. The first-order valence-corrected chi connectivity index (χ1v) is 6.98. The van der Waals surface area contributed by atoms with Gasteiger partial charge in [-0.05, 0) is 24.5 Å². The Morgan fingerprint density at radius 1 is 1.45 bits per heavy atom. The minimum Gasteiger partial charge on any atom is -0.453 e. The monoisotopic (exact) mass is 280 g/mol. The summed E-state index contributed by atoms with van der Waals surface area (Å²) in [6, 6.07) is 6.75. The fourth-order valence-electron chi connectivity index (χ4n) is 2.73. The lowest BCUT2D eigenvalue weighted by atomic mass is 9.91. The number of amides is 1. The molecule has 1 heterocycles. The van der Waals surface area contributed by atoms with Gasteiger partial charge in [0.05, 0.1) is 18.8 Å². The van der Waals surface area contributed by atoms with Crippen molar-refractivity contribution in [3.05, 3.63) is 30.1 Å². The molecule has 1 saturated heterocycles. The Hall–Kier alpha value is -1.78. The normalized spacial score (nSPS) is 22.4. The van der Waals surface area contributed by atoms with Gasteiger partial charge in [0.25, 0.3) is 0 Å². The highest BCUT2D eigenvalue weighted by Crippen LogP contribution is 2.27. The number of carbonyl (C=O) groups is 1. The van der Waals surface area contributed by atoms with E-state index < -0.39 is 6.09 Å². The molecule has 1 N–H and O–H groups in total. The summed E-state index contributed by atoms with van der Waals surface area (Å²) in [6.45, 7) is 3.54. The van der Waals surface area contributed by atoms with Crippen molar-refractivity contribution < 1.29 is 13.9 Å². The van der Waals surface area contributed by atoms with Crippen LogP contribution in [0.5, 0.6) is 0 Å². The van der Waals surface area contributed by atoms with E-state index in [1.54, 1.807) is 12.1 Å². The van der Waals surface area contributed by atoms with E-state index in [-0.39, 0.29) is 11.9 Å². The van der Waals surface area contributed by atoms with Gasteiger partial charge < -0.3 is 15.0 Å². The van der Waals surface area contributed by atoms with Crippen LogP contribution in [0.4, 0.5) is 14.9 Å². The topological polar surface area (TPSA) is 41.6 Å². The molecule has 0 saturated carbocycles. The molecule has 0 radical (unpaired) electrons. The number of para-hydroxylation sites is 1. The van der Waals surface area contributed by atoms with Gasteiger partial charge in [0, 0.05) is 13.1 Å². The average molecular weight is 280 g/mol. The number of nitrogens with zero attached hydrogens (tertiary/aromatic N) is 1. The van der Waals surface area contributed by atoms with Crippen LogP contribution < -0.4 is 10.2 Å². The Kier molecular flexibility index (Phi) is 4.82. The molecular weight excluding hydrogens is 259 g/mol. The molecule has 1 fully saturated rings. The highest BCUT2D eigenvalue weighted by atomic mass is 19.1. The van der Waals surface area contributed by atoms with Gasteiger partial charge in [0.15, 0.2) is 0 Å². The summed E-state index contributed by atoms with van der Waals surface area (Å²) in [5.74, 6) is 0.214.